The molecular weight excluding hydrogens is 408 g/mol. The predicted molar refractivity (Wildman–Crippen MR) is 102 cm³/mol. The fourth-order valence-electron chi connectivity index (χ4n) is 1.74. The van der Waals surface area contributed by atoms with Crippen LogP contribution in [0.15, 0.2) is 41.5 Å². The Labute approximate surface area is 163 Å². The van der Waals surface area contributed by atoms with Crippen molar-refractivity contribution >= 4 is 70.1 Å². The fourth-order valence-corrected chi connectivity index (χ4v) is 2.50. The molecule has 0 fully saturated rings. The minimum Gasteiger partial charge on any atom is -0.326 e. The summed E-state index contributed by atoms with van der Waals surface area (Å²) in [4.78, 5) is 23.5. The highest BCUT2D eigenvalue weighted by molar-refractivity contribution is 6.42. The van der Waals surface area contributed by atoms with Crippen molar-refractivity contribution in [3.8, 4) is 0 Å². The third-order valence-electron chi connectivity index (χ3n) is 2.88. The van der Waals surface area contributed by atoms with E-state index in [1.54, 1.807) is 30.3 Å². The van der Waals surface area contributed by atoms with Crippen LogP contribution in [0.4, 0.5) is 5.69 Å². The first kappa shape index (κ1) is 19.5. The number of anilines is 1. The summed E-state index contributed by atoms with van der Waals surface area (Å²) in [6.45, 7) is 0. The van der Waals surface area contributed by atoms with Crippen LogP contribution in [-0.4, -0.2) is 18.0 Å². The number of carbonyl (C=O) groups is 2. The molecule has 2 rings (SSSR count). The van der Waals surface area contributed by atoms with Gasteiger partial charge in [-0.25, -0.2) is 5.43 Å². The fraction of sp³-hybridized carbons (Fsp3) is 0.0625. The summed E-state index contributed by atoms with van der Waals surface area (Å²) in [5, 5.41) is 7.83. The van der Waals surface area contributed by atoms with Gasteiger partial charge in [-0.05, 0) is 30.3 Å². The summed E-state index contributed by atoms with van der Waals surface area (Å²) in [5.41, 5.74) is 3.25. The van der Waals surface area contributed by atoms with E-state index < -0.39 is 18.2 Å². The molecule has 0 aliphatic heterocycles. The van der Waals surface area contributed by atoms with Gasteiger partial charge in [0.05, 0.1) is 21.3 Å². The van der Waals surface area contributed by atoms with Crippen LogP contribution in [0.5, 0.6) is 0 Å². The Hall–Kier alpha value is -1.79. The minimum absolute atomic E-state index is 0.299. The highest BCUT2D eigenvalue weighted by Crippen LogP contribution is 2.25. The van der Waals surface area contributed by atoms with Crippen molar-refractivity contribution in [2.75, 3.05) is 5.32 Å². The maximum atomic E-state index is 11.8. The van der Waals surface area contributed by atoms with E-state index in [-0.39, 0.29) is 0 Å². The highest BCUT2D eigenvalue weighted by Gasteiger charge is 2.10. The summed E-state index contributed by atoms with van der Waals surface area (Å²) in [6.07, 6.45) is 0.944. The number of hydrogen-bond acceptors (Lipinski definition) is 3. The molecule has 2 amide bonds. The van der Waals surface area contributed by atoms with Crippen LogP contribution in [0.3, 0.4) is 0 Å². The Morgan fingerprint density at radius 1 is 0.920 bits per heavy atom. The molecule has 130 valence electrons. The van der Waals surface area contributed by atoms with Crippen molar-refractivity contribution in [2.24, 2.45) is 5.10 Å². The van der Waals surface area contributed by atoms with Crippen LogP contribution < -0.4 is 10.7 Å². The number of benzene rings is 2. The van der Waals surface area contributed by atoms with E-state index in [0.29, 0.717) is 31.3 Å². The predicted octanol–water partition coefficient (Wildman–Crippen LogP) is 4.78. The molecule has 2 N–H and O–H groups in total. The van der Waals surface area contributed by atoms with E-state index in [4.69, 9.17) is 46.4 Å². The smallest absolute Gasteiger partial charge is 0.249 e. The van der Waals surface area contributed by atoms with Gasteiger partial charge < -0.3 is 5.32 Å². The van der Waals surface area contributed by atoms with Crippen LogP contribution in [0.1, 0.15) is 12.0 Å². The summed E-state index contributed by atoms with van der Waals surface area (Å²) in [5.74, 6) is -1.10. The molecule has 2 aromatic rings. The molecule has 0 aromatic heterocycles. The molecule has 9 heteroatoms. The lowest BCUT2D eigenvalue weighted by atomic mass is 10.2. The monoisotopic (exact) mass is 417 g/mol. The summed E-state index contributed by atoms with van der Waals surface area (Å²) < 4.78 is 0. The number of rotatable bonds is 5. The van der Waals surface area contributed by atoms with Gasteiger partial charge in [0.1, 0.15) is 6.42 Å². The van der Waals surface area contributed by atoms with E-state index in [0.717, 1.165) is 0 Å². The van der Waals surface area contributed by atoms with E-state index in [1.165, 1.54) is 12.3 Å². The average Bonchev–Trinajstić information content (AvgIpc) is 2.53. The first-order valence-corrected chi connectivity index (χ1v) is 8.38. The number of nitrogens with zero attached hydrogens (tertiary/aromatic N) is 1. The molecule has 0 saturated carbocycles. The van der Waals surface area contributed by atoms with Crippen molar-refractivity contribution in [1.82, 2.24) is 5.43 Å². The molecule has 0 aliphatic carbocycles. The Morgan fingerprint density at radius 2 is 1.68 bits per heavy atom. The normalized spacial score (nSPS) is 10.7. The molecule has 0 heterocycles. The Bertz CT molecular complexity index is 840. The van der Waals surface area contributed by atoms with E-state index in [2.05, 4.69) is 15.8 Å². The minimum atomic E-state index is -0.584. The van der Waals surface area contributed by atoms with Crippen molar-refractivity contribution < 1.29 is 9.59 Å². The third-order valence-corrected chi connectivity index (χ3v) is 4.18. The molecule has 25 heavy (non-hydrogen) atoms. The van der Waals surface area contributed by atoms with Gasteiger partial charge in [-0.15, -0.1) is 0 Å². The van der Waals surface area contributed by atoms with Gasteiger partial charge in [-0.2, -0.15) is 5.10 Å². The van der Waals surface area contributed by atoms with E-state index in [9.17, 15) is 9.59 Å². The molecular formula is C16H11Cl4N3O2. The Kier molecular flexibility index (Phi) is 7.08. The lowest BCUT2D eigenvalue weighted by Gasteiger charge is -2.05. The quantitative estimate of drug-likeness (QED) is 0.416. The largest absolute Gasteiger partial charge is 0.326 e. The molecule has 2 aromatic carbocycles. The summed E-state index contributed by atoms with van der Waals surface area (Å²) >= 11 is 23.4. The van der Waals surface area contributed by atoms with Crippen molar-refractivity contribution in [3.63, 3.8) is 0 Å². The van der Waals surface area contributed by atoms with Gasteiger partial charge in [-0.3, -0.25) is 9.59 Å². The number of hydrazone groups is 1. The molecule has 0 unspecified atom stereocenters. The molecule has 0 spiro atoms. The summed E-state index contributed by atoms with van der Waals surface area (Å²) in [6, 6.07) is 9.44. The first-order valence-electron chi connectivity index (χ1n) is 6.87. The highest BCUT2D eigenvalue weighted by atomic mass is 35.5. The average molecular weight is 419 g/mol. The van der Waals surface area contributed by atoms with Gasteiger partial charge in [0.25, 0.3) is 0 Å². The first-order chi connectivity index (χ1) is 11.8. The molecule has 0 aliphatic rings. The van der Waals surface area contributed by atoms with Crippen LogP contribution >= 0.6 is 46.4 Å². The number of halogens is 4. The van der Waals surface area contributed by atoms with Crippen LogP contribution in [-0.2, 0) is 9.59 Å². The number of hydrogen-bond donors (Lipinski definition) is 2. The number of amides is 2. The zero-order chi connectivity index (χ0) is 18.4. The lowest BCUT2D eigenvalue weighted by Crippen LogP contribution is -2.24. The zero-order valence-corrected chi connectivity index (χ0v) is 15.5. The lowest BCUT2D eigenvalue weighted by molar-refractivity contribution is -0.126. The topological polar surface area (TPSA) is 70.6 Å². The molecule has 0 saturated heterocycles. The maximum absolute atomic E-state index is 11.8. The number of carbonyl (C=O) groups excluding carboxylic acids is 2. The Morgan fingerprint density at radius 3 is 2.36 bits per heavy atom. The van der Waals surface area contributed by atoms with Gasteiger partial charge in [0.15, 0.2) is 0 Å². The van der Waals surface area contributed by atoms with Crippen molar-refractivity contribution in [1.29, 1.82) is 0 Å². The second-order valence-electron chi connectivity index (χ2n) is 4.81. The maximum Gasteiger partial charge on any atom is 0.249 e. The SMILES string of the molecule is O=C(CC(=O)Nc1ccc(Cl)c(Cl)c1)NN=Cc1ccc(Cl)cc1Cl. The van der Waals surface area contributed by atoms with Gasteiger partial charge in [-0.1, -0.05) is 52.5 Å². The van der Waals surface area contributed by atoms with Gasteiger partial charge >= 0.3 is 0 Å². The van der Waals surface area contributed by atoms with Crippen molar-refractivity contribution in [2.45, 2.75) is 6.42 Å². The van der Waals surface area contributed by atoms with Crippen LogP contribution in [0.2, 0.25) is 20.1 Å². The standard InChI is InChI=1S/C16H11Cl4N3O2/c17-10-2-1-9(13(19)5-10)8-21-23-16(25)7-15(24)22-11-3-4-12(18)14(20)6-11/h1-6,8H,7H2,(H,22,24)(H,23,25). The van der Waals surface area contributed by atoms with E-state index >= 15 is 0 Å². The molecule has 5 nitrogen and oxygen atoms in total. The Balaban J connectivity index is 1.85. The second-order valence-corrected chi connectivity index (χ2v) is 6.47. The van der Waals surface area contributed by atoms with Gasteiger partial charge in [0.2, 0.25) is 11.8 Å². The van der Waals surface area contributed by atoms with Crippen LogP contribution in [0, 0.1) is 0 Å². The van der Waals surface area contributed by atoms with Crippen LogP contribution in [0.25, 0.3) is 0 Å². The second kappa shape index (κ2) is 9.06. The zero-order valence-electron chi connectivity index (χ0n) is 12.5. The molecule has 0 atom stereocenters. The summed E-state index contributed by atoms with van der Waals surface area (Å²) in [7, 11) is 0. The van der Waals surface area contributed by atoms with E-state index in [1.807, 2.05) is 0 Å². The van der Waals surface area contributed by atoms with Crippen molar-refractivity contribution in [3.05, 3.63) is 62.1 Å². The third kappa shape index (κ3) is 6.21. The van der Waals surface area contributed by atoms with Gasteiger partial charge in [0, 0.05) is 16.3 Å². The number of nitrogens with one attached hydrogen (secondary N) is 2. The molecule has 0 bridgehead atoms. The molecule has 0 radical (unpaired) electrons.